The molecule has 0 saturated carbocycles. The van der Waals surface area contributed by atoms with Gasteiger partial charge < -0.3 is 14.7 Å². The van der Waals surface area contributed by atoms with Crippen LogP contribution < -0.4 is 14.7 Å². The molecule has 0 amide bonds. The second-order valence-corrected chi connectivity index (χ2v) is 4.75. The highest BCUT2D eigenvalue weighted by Gasteiger charge is 2.28. The molecule has 1 aliphatic heterocycles. The van der Waals surface area contributed by atoms with E-state index in [2.05, 4.69) is 4.90 Å². The second-order valence-electron chi connectivity index (χ2n) is 4.75. The van der Waals surface area contributed by atoms with Gasteiger partial charge in [-0.15, -0.1) is 0 Å². The first-order valence-electron chi connectivity index (χ1n) is 6.23. The van der Waals surface area contributed by atoms with Crippen molar-refractivity contribution in [3.8, 4) is 11.5 Å². The van der Waals surface area contributed by atoms with Gasteiger partial charge in [0.1, 0.15) is 6.54 Å². The summed E-state index contributed by atoms with van der Waals surface area (Å²) in [6.45, 7) is 0.944. The molecular weight excluding hydrogens is 248 g/mol. The highest BCUT2D eigenvalue weighted by molar-refractivity contribution is 5.49. The Balaban J connectivity index is 2.42. The van der Waals surface area contributed by atoms with Gasteiger partial charge in [-0.3, -0.25) is 4.90 Å². The number of nitrogens with one attached hydrogen (secondary N) is 1. The van der Waals surface area contributed by atoms with E-state index < -0.39 is 5.23 Å². The van der Waals surface area contributed by atoms with Crippen molar-refractivity contribution in [3.05, 3.63) is 28.5 Å². The molecule has 1 aromatic rings. The van der Waals surface area contributed by atoms with Gasteiger partial charge in [0.25, 0.3) is 0 Å². The number of likely N-dealkylation sites (N-methyl/N-ethyl adjacent to an activating group) is 1. The maximum absolute atomic E-state index is 11.0. The number of quaternary nitrogens is 1. The summed E-state index contributed by atoms with van der Waals surface area (Å²) in [5.74, 6) is 1.34. The van der Waals surface area contributed by atoms with Gasteiger partial charge in [0.2, 0.25) is 0 Å². The zero-order valence-corrected chi connectivity index (χ0v) is 11.5. The Bertz CT molecular complexity index is 451. The van der Waals surface area contributed by atoms with Crippen molar-refractivity contribution in [1.29, 1.82) is 0 Å². The monoisotopic (exact) mass is 268 g/mol. The predicted octanol–water partition coefficient (Wildman–Crippen LogP) is 0.00470. The van der Waals surface area contributed by atoms with Crippen molar-refractivity contribution >= 4 is 0 Å². The number of ether oxygens (including phenoxy) is 2. The second kappa shape index (κ2) is 5.75. The third-order valence-corrected chi connectivity index (χ3v) is 3.64. The van der Waals surface area contributed by atoms with Gasteiger partial charge in [0.05, 0.1) is 20.3 Å². The molecule has 1 heterocycles. The smallest absolute Gasteiger partial charge is 0.161 e. The lowest BCUT2D eigenvalue weighted by atomic mass is 9.92. The first kappa shape index (κ1) is 14.1. The van der Waals surface area contributed by atoms with Crippen LogP contribution in [-0.4, -0.2) is 44.5 Å². The van der Waals surface area contributed by atoms with E-state index in [0.717, 1.165) is 24.1 Å². The van der Waals surface area contributed by atoms with Crippen LogP contribution in [0.15, 0.2) is 12.1 Å². The molecule has 0 aromatic heterocycles. The fourth-order valence-corrected chi connectivity index (χ4v) is 2.58. The van der Waals surface area contributed by atoms with E-state index in [9.17, 15) is 5.21 Å². The van der Waals surface area contributed by atoms with E-state index in [-0.39, 0.29) is 12.6 Å². The standard InChI is InChI=1S/C13H20N2O4/c1-14-5-4-9-6-12(18-2)13(19-3)7-10(9)11(14)8-15(16)17/h6-7,11,15-16H,4-5,8H2,1-3H3. The average molecular weight is 268 g/mol. The first-order chi connectivity index (χ1) is 9.06. The van der Waals surface area contributed by atoms with Crippen molar-refractivity contribution < 1.29 is 19.9 Å². The normalized spacial score (nSPS) is 20.8. The zero-order valence-electron chi connectivity index (χ0n) is 11.5. The van der Waals surface area contributed by atoms with Gasteiger partial charge in [-0.1, -0.05) is 0 Å². The molecule has 0 aliphatic carbocycles. The summed E-state index contributed by atoms with van der Waals surface area (Å²) in [4.78, 5) is 2.07. The Labute approximate surface area is 112 Å². The lowest BCUT2D eigenvalue weighted by Gasteiger charge is -2.35. The molecule has 6 heteroatoms. The van der Waals surface area contributed by atoms with E-state index in [0.29, 0.717) is 11.5 Å². The van der Waals surface area contributed by atoms with Crippen LogP contribution in [-0.2, 0) is 6.42 Å². The summed E-state index contributed by atoms with van der Waals surface area (Å²) in [6, 6.07) is 3.74. The molecule has 19 heavy (non-hydrogen) atoms. The minimum atomic E-state index is -0.792. The van der Waals surface area contributed by atoms with Gasteiger partial charge in [-0.2, -0.15) is 0 Å². The largest absolute Gasteiger partial charge is 0.600 e. The molecule has 2 N–H and O–H groups in total. The summed E-state index contributed by atoms with van der Waals surface area (Å²) in [7, 11) is 5.14. The Morgan fingerprint density at radius 1 is 1.37 bits per heavy atom. The quantitative estimate of drug-likeness (QED) is 0.753. The van der Waals surface area contributed by atoms with Crippen LogP contribution in [0.3, 0.4) is 0 Å². The number of hydroxylamine groups is 2. The van der Waals surface area contributed by atoms with Crippen LogP contribution in [0.4, 0.5) is 0 Å². The van der Waals surface area contributed by atoms with Gasteiger partial charge in [-0.05, 0) is 36.7 Å². The fraction of sp³-hybridized carbons (Fsp3) is 0.538. The number of fused-ring (bicyclic) bond motifs is 1. The van der Waals surface area contributed by atoms with Crippen LogP contribution in [0.1, 0.15) is 17.2 Å². The van der Waals surface area contributed by atoms with Gasteiger partial charge in [0, 0.05) is 6.54 Å². The molecule has 0 bridgehead atoms. The van der Waals surface area contributed by atoms with Crippen molar-refractivity contribution in [3.63, 3.8) is 0 Å². The molecule has 1 aliphatic rings. The summed E-state index contributed by atoms with van der Waals surface area (Å²) >= 11 is 0. The van der Waals surface area contributed by atoms with Crippen LogP contribution in [0, 0.1) is 5.21 Å². The topological polar surface area (TPSA) is 69.4 Å². The van der Waals surface area contributed by atoms with E-state index >= 15 is 0 Å². The van der Waals surface area contributed by atoms with Crippen LogP contribution in [0.25, 0.3) is 0 Å². The zero-order chi connectivity index (χ0) is 14.0. The molecule has 0 spiro atoms. The molecule has 0 saturated heterocycles. The molecule has 2 unspecified atom stereocenters. The third-order valence-electron chi connectivity index (χ3n) is 3.64. The van der Waals surface area contributed by atoms with Crippen LogP contribution in [0.2, 0.25) is 0 Å². The SMILES string of the molecule is COc1cc2c(cc1OC)C(C[NH+]([O-])O)N(C)CC2. The maximum Gasteiger partial charge on any atom is 0.161 e. The molecule has 2 atom stereocenters. The molecule has 1 aromatic carbocycles. The molecule has 0 radical (unpaired) electrons. The van der Waals surface area contributed by atoms with Crippen LogP contribution in [0.5, 0.6) is 11.5 Å². The number of nitrogens with zero attached hydrogens (tertiary/aromatic N) is 1. The first-order valence-corrected chi connectivity index (χ1v) is 6.23. The van der Waals surface area contributed by atoms with E-state index in [4.69, 9.17) is 14.7 Å². The average Bonchev–Trinajstić information content (AvgIpc) is 2.40. The highest BCUT2D eigenvalue weighted by atomic mass is 16.8. The molecule has 106 valence electrons. The predicted molar refractivity (Wildman–Crippen MR) is 69.6 cm³/mol. The van der Waals surface area contributed by atoms with Crippen molar-refractivity contribution in [2.45, 2.75) is 12.5 Å². The van der Waals surface area contributed by atoms with Gasteiger partial charge in [0.15, 0.2) is 11.5 Å². The molecule has 2 rings (SSSR count). The summed E-state index contributed by atoms with van der Waals surface area (Å²) in [6.07, 6.45) is 0.891. The lowest BCUT2D eigenvalue weighted by molar-refractivity contribution is -1.05. The Morgan fingerprint density at radius 2 is 2.00 bits per heavy atom. The van der Waals surface area contributed by atoms with Crippen molar-refractivity contribution in [2.75, 3.05) is 34.4 Å². The van der Waals surface area contributed by atoms with Gasteiger partial charge >= 0.3 is 0 Å². The minimum Gasteiger partial charge on any atom is -0.600 e. The fourth-order valence-electron chi connectivity index (χ4n) is 2.58. The van der Waals surface area contributed by atoms with Crippen molar-refractivity contribution in [2.24, 2.45) is 0 Å². The summed E-state index contributed by atoms with van der Waals surface area (Å²) in [5, 5.41) is 19.3. The van der Waals surface area contributed by atoms with Gasteiger partial charge in [-0.25, -0.2) is 10.4 Å². The van der Waals surface area contributed by atoms with E-state index in [1.807, 2.05) is 19.2 Å². The minimum absolute atomic E-state index is 0.0962. The Morgan fingerprint density at radius 3 is 2.58 bits per heavy atom. The van der Waals surface area contributed by atoms with E-state index in [1.165, 1.54) is 0 Å². The lowest BCUT2D eigenvalue weighted by Crippen LogP contribution is -3.05. The Hall–Kier alpha value is -1.34. The summed E-state index contributed by atoms with van der Waals surface area (Å²) in [5.41, 5.74) is 2.16. The molecular formula is C13H20N2O4. The van der Waals surface area contributed by atoms with Crippen LogP contribution >= 0.6 is 0 Å². The molecule has 0 fully saturated rings. The van der Waals surface area contributed by atoms with E-state index in [1.54, 1.807) is 14.2 Å². The van der Waals surface area contributed by atoms with Crippen molar-refractivity contribution in [1.82, 2.24) is 4.90 Å². The number of rotatable bonds is 4. The number of hydrogen-bond donors (Lipinski definition) is 2. The third kappa shape index (κ3) is 2.82. The number of methoxy groups -OCH3 is 2. The highest BCUT2D eigenvalue weighted by Crippen LogP contribution is 2.36. The number of benzene rings is 1. The molecule has 6 nitrogen and oxygen atoms in total. The maximum atomic E-state index is 11.0. The Kier molecular flexibility index (Phi) is 4.26. The number of hydrogen-bond acceptors (Lipinski definition) is 5. The summed E-state index contributed by atoms with van der Waals surface area (Å²) < 4.78 is 10.6.